The minimum atomic E-state index is -3.50. The van der Waals surface area contributed by atoms with Crippen molar-refractivity contribution in [2.24, 2.45) is 0 Å². The summed E-state index contributed by atoms with van der Waals surface area (Å²) in [4.78, 5) is 7.77. The maximum Gasteiger partial charge on any atom is 0.241 e. The molecule has 1 N–H and O–H groups in total. The van der Waals surface area contributed by atoms with E-state index in [9.17, 15) is 8.42 Å². The van der Waals surface area contributed by atoms with Crippen LogP contribution in [0.3, 0.4) is 0 Å². The van der Waals surface area contributed by atoms with E-state index in [1.165, 1.54) is 16.9 Å². The maximum absolute atomic E-state index is 12.7. The number of nitrogens with one attached hydrogen (secondary N) is 1. The van der Waals surface area contributed by atoms with Crippen LogP contribution in [0.25, 0.3) is 9.88 Å². The number of sulfonamides is 1. The van der Waals surface area contributed by atoms with Gasteiger partial charge in [-0.15, -0.1) is 22.7 Å². The van der Waals surface area contributed by atoms with Crippen LogP contribution in [0, 0.1) is 20.8 Å². The molecule has 0 radical (unpaired) electrons. The molecule has 0 saturated heterocycles. The van der Waals surface area contributed by atoms with Crippen LogP contribution in [0.4, 0.5) is 0 Å². The van der Waals surface area contributed by atoms with Crippen molar-refractivity contribution in [2.45, 2.75) is 38.5 Å². The van der Waals surface area contributed by atoms with E-state index in [4.69, 9.17) is 0 Å². The Kier molecular flexibility index (Phi) is 5.92. The lowest BCUT2D eigenvalue weighted by molar-refractivity contribution is 0.579. The Labute approximate surface area is 163 Å². The Balaban J connectivity index is 1.67. The van der Waals surface area contributed by atoms with Gasteiger partial charge in [0.05, 0.1) is 15.5 Å². The van der Waals surface area contributed by atoms with E-state index >= 15 is 0 Å². The van der Waals surface area contributed by atoms with E-state index in [1.54, 1.807) is 17.4 Å². The number of hydrogen-bond donors (Lipinski definition) is 1. The summed E-state index contributed by atoms with van der Waals surface area (Å²) in [5.74, 6) is 0. The fourth-order valence-electron chi connectivity index (χ4n) is 2.64. The molecule has 7 heteroatoms. The smallest absolute Gasteiger partial charge is 0.240 e. The molecular weight excluding hydrogens is 384 g/mol. The van der Waals surface area contributed by atoms with Crippen molar-refractivity contribution in [1.82, 2.24) is 9.71 Å². The third kappa shape index (κ3) is 4.40. The van der Waals surface area contributed by atoms with Gasteiger partial charge in [-0.3, -0.25) is 0 Å². The molecule has 0 bridgehead atoms. The molecule has 0 unspecified atom stereocenters. The molecule has 0 fully saturated rings. The molecule has 26 heavy (non-hydrogen) atoms. The second-order valence-corrected chi connectivity index (χ2v) is 10.4. The highest BCUT2D eigenvalue weighted by molar-refractivity contribution is 7.89. The second kappa shape index (κ2) is 8.00. The summed E-state index contributed by atoms with van der Waals surface area (Å²) in [5, 5.41) is 0.888. The number of aromatic nitrogens is 1. The van der Waals surface area contributed by atoms with Gasteiger partial charge >= 0.3 is 0 Å². The van der Waals surface area contributed by atoms with Crippen LogP contribution in [0.15, 0.2) is 41.3 Å². The summed E-state index contributed by atoms with van der Waals surface area (Å²) in [5.41, 5.74) is 2.22. The second-order valence-electron chi connectivity index (χ2n) is 6.18. The predicted octanol–water partition coefficient (Wildman–Crippen LogP) is 4.71. The number of benzene rings is 1. The Morgan fingerprint density at radius 1 is 1.04 bits per heavy atom. The standard InChI is InChI=1S/C19H22N2O2S3/c1-13-14(2)25-19(21-13)17-12-18(15(3)24-17)26(22,23)20-11-7-10-16-8-5-4-6-9-16/h4-6,8-9,12,20H,7,10-11H2,1-3H3. The van der Waals surface area contributed by atoms with Crippen molar-refractivity contribution < 1.29 is 8.42 Å². The average molecular weight is 407 g/mol. The van der Waals surface area contributed by atoms with Gasteiger partial charge < -0.3 is 0 Å². The van der Waals surface area contributed by atoms with Crippen molar-refractivity contribution in [2.75, 3.05) is 6.54 Å². The SMILES string of the molecule is Cc1nc(-c2cc(S(=O)(=O)NCCCc3ccccc3)c(C)s2)sc1C. The predicted molar refractivity (Wildman–Crippen MR) is 110 cm³/mol. The lowest BCUT2D eigenvalue weighted by Crippen LogP contribution is -2.25. The molecule has 0 spiro atoms. The normalized spacial score (nSPS) is 11.8. The van der Waals surface area contributed by atoms with E-state index in [1.807, 2.05) is 39.0 Å². The first kappa shape index (κ1) is 19.2. The zero-order valence-electron chi connectivity index (χ0n) is 15.1. The number of thiophene rings is 1. The zero-order chi connectivity index (χ0) is 18.7. The van der Waals surface area contributed by atoms with Crippen LogP contribution in [0.2, 0.25) is 0 Å². The lowest BCUT2D eigenvalue weighted by Gasteiger charge is -2.06. The van der Waals surface area contributed by atoms with E-state index in [0.29, 0.717) is 11.4 Å². The van der Waals surface area contributed by atoms with Crippen molar-refractivity contribution in [3.8, 4) is 9.88 Å². The number of hydrogen-bond acceptors (Lipinski definition) is 5. The van der Waals surface area contributed by atoms with Crippen molar-refractivity contribution in [3.63, 3.8) is 0 Å². The highest BCUT2D eigenvalue weighted by Gasteiger charge is 2.21. The molecule has 138 valence electrons. The minimum absolute atomic E-state index is 0.364. The van der Waals surface area contributed by atoms with Gasteiger partial charge in [0.25, 0.3) is 0 Å². The minimum Gasteiger partial charge on any atom is -0.240 e. The zero-order valence-corrected chi connectivity index (χ0v) is 17.5. The van der Waals surface area contributed by atoms with Gasteiger partial charge in [0.2, 0.25) is 10.0 Å². The van der Waals surface area contributed by atoms with Crippen LogP contribution < -0.4 is 4.72 Å². The van der Waals surface area contributed by atoms with Gasteiger partial charge in [0.15, 0.2) is 0 Å². The Morgan fingerprint density at radius 3 is 2.42 bits per heavy atom. The van der Waals surface area contributed by atoms with Gasteiger partial charge in [0.1, 0.15) is 5.01 Å². The maximum atomic E-state index is 12.7. The third-order valence-electron chi connectivity index (χ3n) is 4.18. The fourth-order valence-corrected chi connectivity index (χ4v) is 6.26. The molecule has 0 aliphatic rings. The highest BCUT2D eigenvalue weighted by atomic mass is 32.2. The number of thiazole rings is 1. The molecule has 0 saturated carbocycles. The third-order valence-corrected chi connectivity index (χ3v) is 8.19. The first-order valence-electron chi connectivity index (χ1n) is 8.45. The number of rotatable bonds is 7. The van der Waals surface area contributed by atoms with Gasteiger partial charge in [-0.2, -0.15) is 0 Å². The quantitative estimate of drug-likeness (QED) is 0.578. The van der Waals surface area contributed by atoms with Crippen LogP contribution in [-0.2, 0) is 16.4 Å². The van der Waals surface area contributed by atoms with Crippen LogP contribution in [-0.4, -0.2) is 19.9 Å². The number of nitrogens with zero attached hydrogens (tertiary/aromatic N) is 1. The Bertz CT molecular complexity index is 970. The molecule has 4 nitrogen and oxygen atoms in total. The molecule has 0 atom stereocenters. The van der Waals surface area contributed by atoms with Crippen molar-refractivity contribution in [3.05, 3.63) is 57.4 Å². The summed E-state index contributed by atoms with van der Waals surface area (Å²) in [6.07, 6.45) is 1.62. The van der Waals surface area contributed by atoms with Crippen LogP contribution in [0.1, 0.15) is 27.4 Å². The molecule has 3 aromatic rings. The van der Waals surface area contributed by atoms with Gasteiger partial charge in [-0.05, 0) is 45.2 Å². The fraction of sp³-hybridized carbons (Fsp3) is 0.316. The molecule has 0 amide bonds. The van der Waals surface area contributed by atoms with Gasteiger partial charge in [-0.25, -0.2) is 18.1 Å². The molecule has 0 aliphatic carbocycles. The highest BCUT2D eigenvalue weighted by Crippen LogP contribution is 2.36. The molecule has 0 aliphatic heterocycles. The molecule has 2 aromatic heterocycles. The van der Waals surface area contributed by atoms with E-state index in [2.05, 4.69) is 21.8 Å². The average Bonchev–Trinajstić information content (AvgIpc) is 3.16. The monoisotopic (exact) mass is 406 g/mol. The molecule has 2 heterocycles. The first-order valence-corrected chi connectivity index (χ1v) is 11.6. The Morgan fingerprint density at radius 2 is 1.77 bits per heavy atom. The number of aryl methyl sites for hydroxylation is 4. The summed E-state index contributed by atoms with van der Waals surface area (Å²) in [7, 11) is -3.50. The molecule has 3 rings (SSSR count). The lowest BCUT2D eigenvalue weighted by atomic mass is 10.1. The van der Waals surface area contributed by atoms with Crippen molar-refractivity contribution in [1.29, 1.82) is 0 Å². The van der Waals surface area contributed by atoms with E-state index < -0.39 is 10.0 Å². The largest absolute Gasteiger partial charge is 0.241 e. The summed E-state index contributed by atoms with van der Waals surface area (Å²) in [6.45, 7) is 6.28. The van der Waals surface area contributed by atoms with Crippen molar-refractivity contribution >= 4 is 32.7 Å². The van der Waals surface area contributed by atoms with Crippen LogP contribution >= 0.6 is 22.7 Å². The van der Waals surface area contributed by atoms with Crippen LogP contribution in [0.5, 0.6) is 0 Å². The van der Waals surface area contributed by atoms with Gasteiger partial charge in [-0.1, -0.05) is 30.3 Å². The van der Waals surface area contributed by atoms with E-state index in [-0.39, 0.29) is 0 Å². The van der Waals surface area contributed by atoms with E-state index in [0.717, 1.165) is 38.2 Å². The summed E-state index contributed by atoms with van der Waals surface area (Å²) >= 11 is 3.08. The Hall–Kier alpha value is -1.54. The molecular formula is C19H22N2O2S3. The van der Waals surface area contributed by atoms with Gasteiger partial charge in [0, 0.05) is 16.3 Å². The molecule has 1 aromatic carbocycles. The topological polar surface area (TPSA) is 59.1 Å². The summed E-state index contributed by atoms with van der Waals surface area (Å²) in [6, 6.07) is 11.8. The summed E-state index contributed by atoms with van der Waals surface area (Å²) < 4.78 is 28.0. The first-order chi connectivity index (χ1) is 12.4.